The Balaban J connectivity index is 2.12. The lowest BCUT2D eigenvalue weighted by Crippen LogP contribution is -2.39. The molecule has 1 aliphatic rings. The van der Waals surface area contributed by atoms with Gasteiger partial charge < -0.3 is 10.2 Å². The third-order valence-corrected chi connectivity index (χ3v) is 3.69. The highest BCUT2D eigenvalue weighted by molar-refractivity contribution is 5.66. The fourth-order valence-corrected chi connectivity index (χ4v) is 2.49. The lowest BCUT2D eigenvalue weighted by molar-refractivity contribution is 0.229. The summed E-state index contributed by atoms with van der Waals surface area (Å²) >= 11 is 0. The summed E-state index contributed by atoms with van der Waals surface area (Å²) in [6.45, 7) is 5.41. The number of benzene rings is 1. The molecular formula is C15H18N4. The molecule has 0 bridgehead atoms. The Morgan fingerprint density at radius 3 is 2.26 bits per heavy atom. The van der Waals surface area contributed by atoms with Crippen LogP contribution in [0, 0.1) is 22.7 Å². The number of piperidine rings is 1. The van der Waals surface area contributed by atoms with Crippen LogP contribution in [-0.4, -0.2) is 30.6 Å². The number of likely N-dealkylation sites (tertiary alicyclic amines) is 1. The second kappa shape index (κ2) is 6.22. The lowest BCUT2D eigenvalue weighted by atomic mass is 10.0. The molecular weight excluding hydrogens is 236 g/mol. The second-order valence-electron chi connectivity index (χ2n) is 4.80. The topological polar surface area (TPSA) is 62.9 Å². The van der Waals surface area contributed by atoms with Crippen molar-refractivity contribution in [2.24, 2.45) is 0 Å². The van der Waals surface area contributed by atoms with Gasteiger partial charge >= 0.3 is 0 Å². The fraction of sp³-hybridized carbons (Fsp3) is 0.467. The highest BCUT2D eigenvalue weighted by Crippen LogP contribution is 2.23. The largest absolute Gasteiger partial charge is 0.380 e. The summed E-state index contributed by atoms with van der Waals surface area (Å²) < 4.78 is 0. The zero-order chi connectivity index (χ0) is 13.7. The predicted molar refractivity (Wildman–Crippen MR) is 74.6 cm³/mol. The first-order chi connectivity index (χ1) is 9.28. The van der Waals surface area contributed by atoms with Crippen molar-refractivity contribution in [2.45, 2.75) is 25.8 Å². The van der Waals surface area contributed by atoms with Gasteiger partial charge in [-0.1, -0.05) is 13.0 Å². The van der Waals surface area contributed by atoms with Crippen molar-refractivity contribution in [3.63, 3.8) is 0 Å². The van der Waals surface area contributed by atoms with Crippen molar-refractivity contribution >= 4 is 5.69 Å². The number of hydrogen-bond acceptors (Lipinski definition) is 4. The minimum atomic E-state index is 0.351. The number of hydrogen-bond donors (Lipinski definition) is 1. The highest BCUT2D eigenvalue weighted by Gasteiger charge is 2.19. The van der Waals surface area contributed by atoms with Crippen LogP contribution >= 0.6 is 0 Å². The number of anilines is 1. The Labute approximate surface area is 114 Å². The van der Waals surface area contributed by atoms with E-state index >= 15 is 0 Å². The Bertz CT molecular complexity index is 484. The van der Waals surface area contributed by atoms with Gasteiger partial charge in [-0.05, 0) is 31.5 Å². The van der Waals surface area contributed by atoms with Crippen LogP contribution in [0.2, 0.25) is 0 Å². The van der Waals surface area contributed by atoms with Crippen molar-refractivity contribution in [3.05, 3.63) is 29.3 Å². The van der Waals surface area contributed by atoms with E-state index in [2.05, 4.69) is 29.3 Å². The van der Waals surface area contributed by atoms with Crippen LogP contribution in [0.4, 0.5) is 5.69 Å². The third kappa shape index (κ3) is 3.05. The number of nitriles is 2. The van der Waals surface area contributed by atoms with Crippen LogP contribution < -0.4 is 5.32 Å². The minimum Gasteiger partial charge on any atom is -0.380 e. The molecule has 0 unspecified atom stereocenters. The number of nitrogens with zero attached hydrogens (tertiary/aromatic N) is 3. The van der Waals surface area contributed by atoms with E-state index in [0.29, 0.717) is 22.9 Å². The molecule has 0 aliphatic carbocycles. The van der Waals surface area contributed by atoms with Gasteiger partial charge in [-0.15, -0.1) is 0 Å². The van der Waals surface area contributed by atoms with Gasteiger partial charge in [0.15, 0.2) is 0 Å². The summed E-state index contributed by atoms with van der Waals surface area (Å²) in [6.07, 6.45) is 2.11. The van der Waals surface area contributed by atoms with E-state index in [1.165, 1.54) is 0 Å². The smallest absolute Gasteiger partial charge is 0.101 e. The average molecular weight is 254 g/mol. The molecule has 1 heterocycles. The van der Waals surface area contributed by atoms with Gasteiger partial charge in [0.2, 0.25) is 0 Å². The minimum absolute atomic E-state index is 0.351. The van der Waals surface area contributed by atoms with Crippen molar-refractivity contribution in [2.75, 3.05) is 25.0 Å². The molecule has 0 aromatic heterocycles. The van der Waals surface area contributed by atoms with Gasteiger partial charge in [-0.3, -0.25) is 0 Å². The molecule has 1 saturated heterocycles. The molecule has 0 atom stereocenters. The van der Waals surface area contributed by atoms with Crippen molar-refractivity contribution in [1.82, 2.24) is 4.90 Å². The molecule has 0 radical (unpaired) electrons. The molecule has 4 heteroatoms. The summed E-state index contributed by atoms with van der Waals surface area (Å²) in [5.41, 5.74) is 1.80. The molecule has 1 aliphatic heterocycles. The van der Waals surface area contributed by atoms with Gasteiger partial charge in [0.25, 0.3) is 0 Å². The maximum Gasteiger partial charge on any atom is 0.101 e. The molecule has 1 aromatic rings. The van der Waals surface area contributed by atoms with Gasteiger partial charge in [0.1, 0.15) is 12.1 Å². The summed E-state index contributed by atoms with van der Waals surface area (Å²) in [6, 6.07) is 9.92. The van der Waals surface area contributed by atoms with Crippen LogP contribution in [0.25, 0.3) is 0 Å². The normalized spacial score (nSPS) is 16.6. The predicted octanol–water partition coefficient (Wildman–Crippen LogP) is 2.33. The molecule has 0 amide bonds. The third-order valence-electron chi connectivity index (χ3n) is 3.69. The van der Waals surface area contributed by atoms with Gasteiger partial charge in [0.05, 0.1) is 16.8 Å². The molecule has 19 heavy (non-hydrogen) atoms. The zero-order valence-corrected chi connectivity index (χ0v) is 11.2. The highest BCUT2D eigenvalue weighted by atomic mass is 15.1. The summed E-state index contributed by atoms with van der Waals surface area (Å²) in [7, 11) is 0. The van der Waals surface area contributed by atoms with Crippen LogP contribution in [0.1, 0.15) is 30.9 Å². The maximum atomic E-state index is 9.14. The van der Waals surface area contributed by atoms with E-state index in [4.69, 9.17) is 10.5 Å². The molecule has 1 aromatic carbocycles. The molecule has 4 nitrogen and oxygen atoms in total. The van der Waals surface area contributed by atoms with Crippen LogP contribution in [0.3, 0.4) is 0 Å². The summed E-state index contributed by atoms with van der Waals surface area (Å²) in [5, 5.41) is 21.7. The molecule has 0 saturated carbocycles. The maximum absolute atomic E-state index is 9.14. The van der Waals surface area contributed by atoms with Crippen LogP contribution in [0.5, 0.6) is 0 Å². The van der Waals surface area contributed by atoms with E-state index in [0.717, 1.165) is 32.5 Å². The Morgan fingerprint density at radius 2 is 1.79 bits per heavy atom. The Kier molecular flexibility index (Phi) is 4.39. The summed E-state index contributed by atoms with van der Waals surface area (Å²) in [4.78, 5) is 2.42. The van der Waals surface area contributed by atoms with Crippen molar-refractivity contribution < 1.29 is 0 Å². The van der Waals surface area contributed by atoms with E-state index in [1.54, 1.807) is 18.2 Å². The first kappa shape index (κ1) is 13.4. The first-order valence-corrected chi connectivity index (χ1v) is 6.70. The van der Waals surface area contributed by atoms with Gasteiger partial charge in [-0.2, -0.15) is 10.5 Å². The monoisotopic (exact) mass is 254 g/mol. The first-order valence-electron chi connectivity index (χ1n) is 6.70. The molecule has 0 spiro atoms. The van der Waals surface area contributed by atoms with E-state index in [1.807, 2.05) is 0 Å². The zero-order valence-electron chi connectivity index (χ0n) is 11.2. The Morgan fingerprint density at radius 1 is 1.21 bits per heavy atom. The molecule has 1 N–H and O–H groups in total. The van der Waals surface area contributed by atoms with E-state index in [-0.39, 0.29) is 0 Å². The standard InChI is InChI=1S/C15H18N4/c1-2-19-8-6-14(7-9-19)18-15-12(10-16)4-3-5-13(15)11-17/h3-5,14,18H,2,6-9H2,1H3. The van der Waals surface area contributed by atoms with E-state index < -0.39 is 0 Å². The van der Waals surface area contributed by atoms with E-state index in [9.17, 15) is 0 Å². The second-order valence-corrected chi connectivity index (χ2v) is 4.80. The quantitative estimate of drug-likeness (QED) is 0.899. The van der Waals surface area contributed by atoms with Gasteiger partial charge in [0, 0.05) is 19.1 Å². The molecule has 2 rings (SSSR count). The molecule has 1 fully saturated rings. The number of rotatable bonds is 3. The lowest BCUT2D eigenvalue weighted by Gasteiger charge is -2.32. The SMILES string of the molecule is CCN1CCC(Nc2c(C#N)cccc2C#N)CC1. The van der Waals surface area contributed by atoms with Crippen LogP contribution in [0.15, 0.2) is 18.2 Å². The average Bonchev–Trinajstić information content (AvgIpc) is 2.48. The molecule has 98 valence electrons. The van der Waals surface area contributed by atoms with Crippen LogP contribution in [-0.2, 0) is 0 Å². The number of para-hydroxylation sites is 1. The van der Waals surface area contributed by atoms with Crippen molar-refractivity contribution in [3.8, 4) is 12.1 Å². The fourth-order valence-electron chi connectivity index (χ4n) is 2.49. The van der Waals surface area contributed by atoms with Crippen molar-refractivity contribution in [1.29, 1.82) is 10.5 Å². The number of nitrogens with one attached hydrogen (secondary N) is 1. The Hall–Kier alpha value is -2.04. The summed E-state index contributed by atoms with van der Waals surface area (Å²) in [5.74, 6) is 0. The van der Waals surface area contributed by atoms with Gasteiger partial charge in [-0.25, -0.2) is 0 Å².